The highest BCUT2D eigenvalue weighted by Gasteiger charge is 2.38. The Morgan fingerprint density at radius 1 is 1.47 bits per heavy atom. The lowest BCUT2D eigenvalue weighted by Gasteiger charge is -2.11. The first kappa shape index (κ1) is 12.3. The van der Waals surface area contributed by atoms with E-state index in [4.69, 9.17) is 4.74 Å². The molecule has 4 heteroatoms. The van der Waals surface area contributed by atoms with Crippen LogP contribution in [-0.2, 0) is 16.0 Å². The molecular weight excluding hydrogens is 284 g/mol. The van der Waals surface area contributed by atoms with E-state index >= 15 is 0 Å². The number of benzene rings is 1. The second-order valence-corrected chi connectivity index (χ2v) is 5.23. The maximum absolute atomic E-state index is 12.1. The third-order valence-electron chi connectivity index (χ3n) is 2.75. The number of ether oxygens (including phenoxy) is 1. The third kappa shape index (κ3) is 2.27. The lowest BCUT2D eigenvalue weighted by Crippen LogP contribution is -2.25. The SMILES string of the molecule is CC(C)OC(=O)C1Cc2c(Br)cccc2C1=O. The Balaban J connectivity index is 2.26. The van der Waals surface area contributed by atoms with Crippen molar-refractivity contribution in [2.24, 2.45) is 5.92 Å². The molecule has 1 aromatic carbocycles. The Morgan fingerprint density at radius 3 is 2.76 bits per heavy atom. The Bertz CT molecular complexity index is 480. The fraction of sp³-hybridized carbons (Fsp3) is 0.385. The highest BCUT2D eigenvalue weighted by molar-refractivity contribution is 9.10. The molecule has 0 saturated carbocycles. The van der Waals surface area contributed by atoms with E-state index in [1.807, 2.05) is 6.07 Å². The van der Waals surface area contributed by atoms with Gasteiger partial charge >= 0.3 is 5.97 Å². The number of rotatable bonds is 2. The lowest BCUT2D eigenvalue weighted by atomic mass is 10.1. The minimum atomic E-state index is -0.675. The van der Waals surface area contributed by atoms with Crippen molar-refractivity contribution in [2.45, 2.75) is 26.4 Å². The molecule has 0 N–H and O–H groups in total. The number of halogens is 1. The second kappa shape index (κ2) is 4.61. The molecule has 0 aromatic heterocycles. The maximum Gasteiger partial charge on any atom is 0.317 e. The van der Waals surface area contributed by atoms with E-state index in [0.29, 0.717) is 12.0 Å². The summed E-state index contributed by atoms with van der Waals surface area (Å²) in [6.45, 7) is 3.56. The van der Waals surface area contributed by atoms with E-state index in [2.05, 4.69) is 15.9 Å². The first-order valence-corrected chi connectivity index (χ1v) is 6.32. The van der Waals surface area contributed by atoms with Crippen LogP contribution in [0.25, 0.3) is 0 Å². The number of hydrogen-bond acceptors (Lipinski definition) is 3. The summed E-state index contributed by atoms with van der Waals surface area (Å²) in [7, 11) is 0. The highest BCUT2D eigenvalue weighted by Crippen LogP contribution is 2.33. The standard InChI is InChI=1S/C13H13BrO3/c1-7(2)17-13(16)10-6-9-8(12(10)15)4-3-5-11(9)14/h3-5,7,10H,6H2,1-2H3. The predicted octanol–water partition coefficient (Wildman–Crippen LogP) is 2.76. The summed E-state index contributed by atoms with van der Waals surface area (Å²) in [6, 6.07) is 5.43. The quantitative estimate of drug-likeness (QED) is 0.623. The van der Waals surface area contributed by atoms with E-state index in [1.54, 1.807) is 26.0 Å². The minimum absolute atomic E-state index is 0.132. The van der Waals surface area contributed by atoms with Crippen molar-refractivity contribution in [2.75, 3.05) is 0 Å². The third-order valence-corrected chi connectivity index (χ3v) is 3.49. The molecule has 0 fully saturated rings. The van der Waals surface area contributed by atoms with E-state index in [-0.39, 0.29) is 11.9 Å². The first-order valence-electron chi connectivity index (χ1n) is 5.52. The van der Waals surface area contributed by atoms with Crippen molar-refractivity contribution in [3.8, 4) is 0 Å². The van der Waals surface area contributed by atoms with Gasteiger partial charge in [0.2, 0.25) is 0 Å². The fourth-order valence-corrected chi connectivity index (χ4v) is 2.51. The van der Waals surface area contributed by atoms with Gasteiger partial charge in [0.1, 0.15) is 5.92 Å². The second-order valence-electron chi connectivity index (χ2n) is 4.37. The number of carbonyl (C=O) groups is 2. The topological polar surface area (TPSA) is 43.4 Å². The van der Waals surface area contributed by atoms with Crippen LogP contribution in [0, 0.1) is 5.92 Å². The Labute approximate surface area is 108 Å². The summed E-state index contributed by atoms with van der Waals surface area (Å²) in [4.78, 5) is 23.8. The summed E-state index contributed by atoms with van der Waals surface area (Å²) in [5, 5.41) is 0. The molecule has 0 bridgehead atoms. The molecule has 1 atom stereocenters. The molecule has 0 aliphatic heterocycles. The van der Waals surface area contributed by atoms with E-state index in [0.717, 1.165) is 10.0 Å². The van der Waals surface area contributed by atoms with E-state index < -0.39 is 11.9 Å². The van der Waals surface area contributed by atoms with Gasteiger partial charge in [-0.05, 0) is 31.9 Å². The van der Waals surface area contributed by atoms with Gasteiger partial charge in [0.25, 0.3) is 0 Å². The molecule has 0 spiro atoms. The first-order chi connectivity index (χ1) is 8.00. The van der Waals surface area contributed by atoms with Crippen molar-refractivity contribution < 1.29 is 14.3 Å². The largest absolute Gasteiger partial charge is 0.462 e. The number of carbonyl (C=O) groups excluding carboxylic acids is 2. The predicted molar refractivity (Wildman–Crippen MR) is 66.9 cm³/mol. The molecule has 0 radical (unpaired) electrons. The molecule has 17 heavy (non-hydrogen) atoms. The minimum Gasteiger partial charge on any atom is -0.462 e. The van der Waals surface area contributed by atoms with Crippen LogP contribution in [-0.4, -0.2) is 17.9 Å². The monoisotopic (exact) mass is 296 g/mol. The average molecular weight is 297 g/mol. The zero-order valence-corrected chi connectivity index (χ0v) is 11.3. The Morgan fingerprint density at radius 2 is 2.18 bits per heavy atom. The zero-order valence-electron chi connectivity index (χ0n) is 9.70. The number of Topliss-reactive ketones (excluding diaryl/α,β-unsaturated/α-hetero) is 1. The van der Waals surface area contributed by atoms with Gasteiger partial charge in [0, 0.05) is 10.0 Å². The van der Waals surface area contributed by atoms with Gasteiger partial charge in [0.05, 0.1) is 6.10 Å². The smallest absolute Gasteiger partial charge is 0.317 e. The van der Waals surface area contributed by atoms with Gasteiger partial charge in [-0.3, -0.25) is 9.59 Å². The summed E-state index contributed by atoms with van der Waals surface area (Å²) in [5.41, 5.74) is 1.54. The molecule has 1 unspecified atom stereocenters. The normalized spacial score (nSPS) is 18.4. The van der Waals surface area contributed by atoms with Crippen molar-refractivity contribution in [3.05, 3.63) is 33.8 Å². The maximum atomic E-state index is 12.1. The molecule has 1 aliphatic rings. The average Bonchev–Trinajstić information content (AvgIpc) is 2.57. The number of fused-ring (bicyclic) bond motifs is 1. The number of hydrogen-bond donors (Lipinski definition) is 0. The molecule has 0 saturated heterocycles. The Hall–Kier alpha value is -1.16. The van der Waals surface area contributed by atoms with Crippen LogP contribution in [0.2, 0.25) is 0 Å². The van der Waals surface area contributed by atoms with Crippen molar-refractivity contribution >= 4 is 27.7 Å². The zero-order chi connectivity index (χ0) is 12.6. The molecule has 1 aromatic rings. The number of ketones is 1. The van der Waals surface area contributed by atoms with E-state index in [9.17, 15) is 9.59 Å². The van der Waals surface area contributed by atoms with Crippen LogP contribution < -0.4 is 0 Å². The molecule has 90 valence electrons. The summed E-state index contributed by atoms with van der Waals surface area (Å²) < 4.78 is 5.98. The van der Waals surface area contributed by atoms with Gasteiger partial charge in [0.15, 0.2) is 5.78 Å². The van der Waals surface area contributed by atoms with Crippen LogP contribution in [0.5, 0.6) is 0 Å². The number of esters is 1. The summed E-state index contributed by atoms with van der Waals surface area (Å²) >= 11 is 3.40. The molecule has 3 nitrogen and oxygen atoms in total. The van der Waals surface area contributed by atoms with Crippen molar-refractivity contribution in [3.63, 3.8) is 0 Å². The molecule has 0 amide bonds. The van der Waals surface area contributed by atoms with Crippen LogP contribution in [0.3, 0.4) is 0 Å². The van der Waals surface area contributed by atoms with Gasteiger partial charge in [-0.15, -0.1) is 0 Å². The van der Waals surface area contributed by atoms with Crippen molar-refractivity contribution in [1.82, 2.24) is 0 Å². The van der Waals surface area contributed by atoms with Crippen molar-refractivity contribution in [1.29, 1.82) is 0 Å². The highest BCUT2D eigenvalue weighted by atomic mass is 79.9. The fourth-order valence-electron chi connectivity index (χ4n) is 1.99. The van der Waals surface area contributed by atoms with Gasteiger partial charge < -0.3 is 4.74 Å². The molecule has 1 aliphatic carbocycles. The molecule has 2 rings (SSSR count). The van der Waals surface area contributed by atoms with Crippen LogP contribution in [0.15, 0.2) is 22.7 Å². The van der Waals surface area contributed by atoms with Gasteiger partial charge in [-0.25, -0.2) is 0 Å². The van der Waals surface area contributed by atoms with E-state index in [1.165, 1.54) is 0 Å². The molecular formula is C13H13BrO3. The van der Waals surface area contributed by atoms with Gasteiger partial charge in [-0.2, -0.15) is 0 Å². The van der Waals surface area contributed by atoms with Crippen LogP contribution >= 0.6 is 15.9 Å². The Kier molecular flexibility index (Phi) is 3.33. The summed E-state index contributed by atoms with van der Waals surface area (Å²) in [5.74, 6) is -1.23. The lowest BCUT2D eigenvalue weighted by molar-refractivity contribution is -0.150. The van der Waals surface area contributed by atoms with Crippen LogP contribution in [0.1, 0.15) is 29.8 Å². The van der Waals surface area contributed by atoms with Gasteiger partial charge in [-0.1, -0.05) is 28.1 Å². The van der Waals surface area contributed by atoms with Crippen LogP contribution in [0.4, 0.5) is 0 Å². The summed E-state index contributed by atoms with van der Waals surface area (Å²) in [6.07, 6.45) is 0.240. The molecule has 0 heterocycles.